The van der Waals surface area contributed by atoms with E-state index in [1.165, 1.54) is 0 Å². The van der Waals surface area contributed by atoms with E-state index in [0.29, 0.717) is 0 Å². The zero-order chi connectivity index (χ0) is 9.90. The molecule has 4 nitrogen and oxygen atoms in total. The lowest BCUT2D eigenvalue weighted by Crippen LogP contribution is -2.39. The normalized spacial score (nSPS) is 22.8. The third-order valence-corrected chi connectivity index (χ3v) is 1.71. The van der Waals surface area contributed by atoms with Gasteiger partial charge in [-0.25, -0.2) is 10.1 Å². The van der Waals surface area contributed by atoms with Crippen LogP contribution in [0.25, 0.3) is 0 Å². The number of amides is 1. The summed E-state index contributed by atoms with van der Waals surface area (Å²) in [6.45, 7) is 7.13. The number of ether oxygens (including phenoxy) is 1. The van der Waals surface area contributed by atoms with Gasteiger partial charge in [-0.2, -0.15) is 0 Å². The second-order valence-corrected chi connectivity index (χ2v) is 4.26. The molecule has 0 aromatic rings. The molecule has 75 valence electrons. The summed E-state index contributed by atoms with van der Waals surface area (Å²) in [5, 5.41) is 6.92. The highest BCUT2D eigenvalue weighted by Gasteiger charge is 2.21. The Balaban J connectivity index is 2.24. The van der Waals surface area contributed by atoms with Crippen LogP contribution in [0.1, 0.15) is 27.2 Å². The first-order chi connectivity index (χ1) is 5.97. The molecule has 1 saturated heterocycles. The van der Waals surface area contributed by atoms with Crippen LogP contribution in [0.4, 0.5) is 4.79 Å². The Kier molecular flexibility index (Phi) is 3.14. The van der Waals surface area contributed by atoms with Gasteiger partial charge in [-0.15, -0.1) is 0 Å². The van der Waals surface area contributed by atoms with Crippen molar-refractivity contribution in [2.45, 2.75) is 38.8 Å². The number of nitrogens with one attached hydrogen (secondary N) is 1. The monoisotopic (exact) mass is 185 g/mol. The third-order valence-electron chi connectivity index (χ3n) is 1.71. The lowest BCUT2D eigenvalue weighted by molar-refractivity contribution is 0.0508. The van der Waals surface area contributed by atoms with Crippen molar-refractivity contribution in [2.24, 2.45) is 0 Å². The zero-order valence-electron chi connectivity index (χ0n) is 8.46. The van der Waals surface area contributed by atoms with Gasteiger partial charge >= 0.3 is 6.09 Å². The first-order valence-corrected chi connectivity index (χ1v) is 4.60. The topological polar surface area (TPSA) is 52.4 Å². The molecule has 1 N–H and O–H groups in total. The Labute approximate surface area is 79.0 Å². The van der Waals surface area contributed by atoms with E-state index in [9.17, 15) is 4.79 Å². The van der Waals surface area contributed by atoms with Crippen LogP contribution in [0.5, 0.6) is 0 Å². The molecule has 4 heteroatoms. The SMILES string of the molecule is CC(C)(C)OC(=O)NC1CC[N]C1. The minimum atomic E-state index is -0.417. The smallest absolute Gasteiger partial charge is 0.407 e. The van der Waals surface area contributed by atoms with E-state index in [2.05, 4.69) is 10.6 Å². The van der Waals surface area contributed by atoms with Crippen LogP contribution in [0, 0.1) is 0 Å². The van der Waals surface area contributed by atoms with E-state index >= 15 is 0 Å². The largest absolute Gasteiger partial charge is 0.444 e. The highest BCUT2D eigenvalue weighted by atomic mass is 16.6. The van der Waals surface area contributed by atoms with E-state index in [4.69, 9.17) is 4.74 Å². The molecule has 0 aromatic heterocycles. The van der Waals surface area contributed by atoms with Gasteiger partial charge in [0.05, 0.1) is 0 Å². The van der Waals surface area contributed by atoms with Gasteiger partial charge in [-0.1, -0.05) is 0 Å². The Bertz CT molecular complexity index is 181. The minimum absolute atomic E-state index is 0.176. The molecule has 1 atom stereocenters. The number of carbonyl (C=O) groups is 1. The fourth-order valence-corrected chi connectivity index (χ4v) is 1.18. The van der Waals surface area contributed by atoms with Gasteiger partial charge in [0.25, 0.3) is 0 Å². The van der Waals surface area contributed by atoms with Crippen LogP contribution in [0.15, 0.2) is 0 Å². The maximum atomic E-state index is 11.2. The molecule has 0 aromatic carbocycles. The minimum Gasteiger partial charge on any atom is -0.444 e. The van der Waals surface area contributed by atoms with Gasteiger partial charge in [0.1, 0.15) is 5.60 Å². The summed E-state index contributed by atoms with van der Waals surface area (Å²) in [6.07, 6.45) is 0.591. The van der Waals surface area contributed by atoms with Gasteiger partial charge < -0.3 is 10.1 Å². The molecule has 0 aliphatic carbocycles. The Morgan fingerprint density at radius 2 is 2.23 bits per heavy atom. The van der Waals surface area contributed by atoms with Crippen molar-refractivity contribution in [1.82, 2.24) is 10.6 Å². The van der Waals surface area contributed by atoms with Crippen LogP contribution in [-0.2, 0) is 4.74 Å². The maximum absolute atomic E-state index is 11.2. The van der Waals surface area contributed by atoms with Crippen molar-refractivity contribution in [1.29, 1.82) is 0 Å². The molecule has 13 heavy (non-hydrogen) atoms. The van der Waals surface area contributed by atoms with Gasteiger partial charge in [0.15, 0.2) is 0 Å². The van der Waals surface area contributed by atoms with Crippen molar-refractivity contribution in [2.75, 3.05) is 13.1 Å². The van der Waals surface area contributed by atoms with Gasteiger partial charge in [0.2, 0.25) is 0 Å². The predicted molar refractivity (Wildman–Crippen MR) is 49.6 cm³/mol. The molecule has 1 radical (unpaired) electrons. The van der Waals surface area contributed by atoms with Crippen LogP contribution >= 0.6 is 0 Å². The molecular weight excluding hydrogens is 168 g/mol. The van der Waals surface area contributed by atoms with Crippen LogP contribution < -0.4 is 10.6 Å². The summed E-state index contributed by atoms with van der Waals surface area (Å²) in [6, 6.07) is 0.176. The summed E-state index contributed by atoms with van der Waals surface area (Å²) < 4.78 is 5.11. The van der Waals surface area contributed by atoms with E-state index < -0.39 is 5.60 Å². The third kappa shape index (κ3) is 4.12. The molecule has 0 bridgehead atoms. The maximum Gasteiger partial charge on any atom is 0.407 e. The Morgan fingerprint density at radius 3 is 2.69 bits per heavy atom. The van der Waals surface area contributed by atoms with Crippen molar-refractivity contribution < 1.29 is 9.53 Å². The zero-order valence-corrected chi connectivity index (χ0v) is 8.46. The average molecular weight is 185 g/mol. The summed E-state index contributed by atoms with van der Waals surface area (Å²) in [4.78, 5) is 11.2. The molecule has 1 unspecified atom stereocenters. The molecule has 1 aliphatic heterocycles. The van der Waals surface area contributed by atoms with Gasteiger partial charge in [-0.05, 0) is 27.2 Å². The highest BCUT2D eigenvalue weighted by Crippen LogP contribution is 2.07. The summed E-state index contributed by atoms with van der Waals surface area (Å²) in [7, 11) is 0. The van der Waals surface area contributed by atoms with Gasteiger partial charge in [0, 0.05) is 19.1 Å². The van der Waals surface area contributed by atoms with Gasteiger partial charge in [-0.3, -0.25) is 0 Å². The molecule has 1 amide bonds. The number of hydrogen-bond acceptors (Lipinski definition) is 2. The molecule has 0 spiro atoms. The molecule has 1 fully saturated rings. The second-order valence-electron chi connectivity index (χ2n) is 4.26. The Hall–Kier alpha value is -0.770. The summed E-state index contributed by atoms with van der Waals surface area (Å²) >= 11 is 0. The van der Waals surface area contributed by atoms with Crippen molar-refractivity contribution >= 4 is 6.09 Å². The number of alkyl carbamates (subject to hydrolysis) is 1. The summed E-state index contributed by atoms with van der Waals surface area (Å²) in [5.74, 6) is 0. The molecule has 1 heterocycles. The predicted octanol–water partition coefficient (Wildman–Crippen LogP) is 0.888. The number of nitrogens with zero attached hydrogens (tertiary/aromatic N) is 1. The standard InChI is InChI=1S/C9H17N2O2/c1-9(2,3)13-8(12)11-7-4-5-10-6-7/h7H,4-6H2,1-3H3,(H,11,12). The van der Waals surface area contributed by atoms with E-state index in [1.807, 2.05) is 20.8 Å². The Morgan fingerprint density at radius 1 is 1.54 bits per heavy atom. The number of carbonyl (C=O) groups excluding carboxylic acids is 1. The lowest BCUT2D eigenvalue weighted by atomic mass is 10.2. The molecule has 1 aliphatic rings. The van der Waals surface area contributed by atoms with E-state index in [1.54, 1.807) is 0 Å². The molecular formula is C9H17N2O2. The molecule has 1 rings (SSSR count). The quantitative estimate of drug-likeness (QED) is 0.659. The van der Waals surface area contributed by atoms with Crippen molar-refractivity contribution in [3.63, 3.8) is 0 Å². The number of rotatable bonds is 1. The fourth-order valence-electron chi connectivity index (χ4n) is 1.18. The first kappa shape index (κ1) is 10.3. The highest BCUT2D eigenvalue weighted by molar-refractivity contribution is 5.68. The van der Waals surface area contributed by atoms with Crippen molar-refractivity contribution in [3.05, 3.63) is 0 Å². The van der Waals surface area contributed by atoms with Crippen LogP contribution in [0.3, 0.4) is 0 Å². The number of hydrogen-bond donors (Lipinski definition) is 1. The first-order valence-electron chi connectivity index (χ1n) is 4.60. The average Bonchev–Trinajstić information content (AvgIpc) is 2.34. The van der Waals surface area contributed by atoms with Crippen molar-refractivity contribution in [3.8, 4) is 0 Å². The van der Waals surface area contributed by atoms with E-state index in [0.717, 1.165) is 19.5 Å². The second kappa shape index (κ2) is 3.96. The fraction of sp³-hybridized carbons (Fsp3) is 0.889. The molecule has 0 saturated carbocycles. The van der Waals surface area contributed by atoms with E-state index in [-0.39, 0.29) is 12.1 Å². The summed E-state index contributed by atoms with van der Waals surface area (Å²) in [5.41, 5.74) is -0.417. The lowest BCUT2D eigenvalue weighted by Gasteiger charge is -2.21. The van der Waals surface area contributed by atoms with Crippen LogP contribution in [0.2, 0.25) is 0 Å². The van der Waals surface area contributed by atoms with Crippen LogP contribution in [-0.4, -0.2) is 30.8 Å².